The first-order valence-electron chi connectivity index (χ1n) is 10.8. The van der Waals surface area contributed by atoms with E-state index in [0.29, 0.717) is 34.1 Å². The fourth-order valence-electron chi connectivity index (χ4n) is 3.50. The third-order valence-corrected chi connectivity index (χ3v) is 6.36. The summed E-state index contributed by atoms with van der Waals surface area (Å²) in [5.74, 6) is -0.517. The number of alkyl halides is 3. The maximum atomic E-state index is 13.7. The predicted octanol–water partition coefficient (Wildman–Crippen LogP) is 5.22. The molecule has 4 aromatic rings. The van der Waals surface area contributed by atoms with Crippen LogP contribution in [0.1, 0.15) is 22.6 Å². The second-order valence-electron chi connectivity index (χ2n) is 7.68. The van der Waals surface area contributed by atoms with E-state index in [1.807, 2.05) is 0 Å². The Hall–Kier alpha value is -4.15. The van der Waals surface area contributed by atoms with Crippen molar-refractivity contribution in [1.29, 1.82) is 0 Å². The van der Waals surface area contributed by atoms with Crippen molar-refractivity contribution < 1.29 is 31.9 Å². The molecular weight excluding hydrogens is 512 g/mol. The summed E-state index contributed by atoms with van der Waals surface area (Å²) in [6.07, 6.45) is -1.88. The van der Waals surface area contributed by atoms with E-state index in [4.69, 9.17) is 9.59 Å². The molecule has 7 nitrogen and oxygen atoms in total. The third kappa shape index (κ3) is 6.75. The van der Waals surface area contributed by atoms with Crippen molar-refractivity contribution in [2.24, 2.45) is 0 Å². The Morgan fingerprint density at radius 3 is 2.38 bits per heavy atom. The van der Waals surface area contributed by atoms with E-state index < -0.39 is 11.7 Å². The van der Waals surface area contributed by atoms with Crippen molar-refractivity contribution in [1.82, 2.24) is 20.1 Å². The van der Waals surface area contributed by atoms with Crippen LogP contribution in [0, 0.1) is 12.7 Å². The summed E-state index contributed by atoms with van der Waals surface area (Å²) in [5.41, 5.74) is 2.33. The minimum Gasteiger partial charge on any atom is -0.359 e. The minimum absolute atomic E-state index is 0.156. The molecule has 1 N–H and O–H groups in total. The summed E-state index contributed by atoms with van der Waals surface area (Å²) in [6, 6.07) is 10.9. The van der Waals surface area contributed by atoms with Gasteiger partial charge in [0.25, 0.3) is 0 Å². The van der Waals surface area contributed by atoms with Gasteiger partial charge in [-0.3, -0.25) is 4.79 Å². The molecule has 0 spiro atoms. The fourth-order valence-corrected chi connectivity index (χ4v) is 4.51. The zero-order valence-corrected chi connectivity index (χ0v) is 20.4. The van der Waals surface area contributed by atoms with E-state index >= 15 is 0 Å². The van der Waals surface area contributed by atoms with Crippen LogP contribution in [-0.2, 0) is 27.0 Å². The van der Waals surface area contributed by atoms with Crippen LogP contribution in [-0.4, -0.2) is 33.9 Å². The van der Waals surface area contributed by atoms with Gasteiger partial charge >= 0.3 is 12.3 Å². The highest BCUT2D eigenvalue weighted by Crippen LogP contribution is 2.35. The summed E-state index contributed by atoms with van der Waals surface area (Å²) in [6.45, 7) is 1.80. The molecule has 0 aliphatic heterocycles. The number of carbonyl (C=O) groups is 1. The quantitative estimate of drug-likeness (QED) is 0.344. The molecule has 0 saturated carbocycles. The number of hydrogen-bond acceptors (Lipinski definition) is 6. The minimum atomic E-state index is -4.44. The van der Waals surface area contributed by atoms with Gasteiger partial charge in [-0.15, -0.1) is 0 Å². The van der Waals surface area contributed by atoms with E-state index in [0.717, 1.165) is 22.6 Å². The van der Waals surface area contributed by atoms with Crippen molar-refractivity contribution in [2.45, 2.75) is 25.9 Å². The molecule has 0 unspecified atom stereocenters. The maximum Gasteiger partial charge on any atom is 0.416 e. The van der Waals surface area contributed by atoms with E-state index in [1.165, 1.54) is 42.6 Å². The first kappa shape index (κ1) is 27.4. The Morgan fingerprint density at radius 2 is 1.78 bits per heavy atom. The average Bonchev–Trinajstić information content (AvgIpc) is 3.46. The molecule has 0 bridgehead atoms. The van der Waals surface area contributed by atoms with Crippen LogP contribution in [0.4, 0.5) is 17.6 Å². The molecule has 0 atom stereocenters. The first-order chi connectivity index (χ1) is 17.6. The standard InChI is InChI=1S/C24H20F4N4OS.CO2/c1-14-19(16-4-3-5-18(25)12-16)13-32(31-14)23-30-22(20(34-23)10-11-21(33)29-2)15-6-8-17(9-7-15)24(26,27)28;2-1-3/h3-9,12-13H,10-11H2,1-2H3,(H,29,33);. The Kier molecular flexibility index (Phi) is 8.69. The SMILES string of the molecule is CNC(=O)CCc1sc(-n2cc(-c3cccc(F)c3)c(C)n2)nc1-c1ccc(C(F)(F)F)cc1.O=C=O. The molecule has 0 fully saturated rings. The lowest BCUT2D eigenvalue weighted by Gasteiger charge is -2.07. The number of aryl methyl sites for hydroxylation is 2. The van der Waals surface area contributed by atoms with Gasteiger partial charge < -0.3 is 5.32 Å². The summed E-state index contributed by atoms with van der Waals surface area (Å²) in [4.78, 5) is 33.4. The molecule has 2 heterocycles. The number of rotatable bonds is 6. The Bertz CT molecular complexity index is 1420. The number of amides is 1. The molecule has 12 heteroatoms. The van der Waals surface area contributed by atoms with Crippen LogP contribution in [0.5, 0.6) is 0 Å². The normalized spacial score (nSPS) is 10.9. The summed E-state index contributed by atoms with van der Waals surface area (Å²) < 4.78 is 54.2. The number of benzene rings is 2. The highest BCUT2D eigenvalue weighted by molar-refractivity contribution is 7.14. The Balaban J connectivity index is 0.00000121. The molecule has 0 radical (unpaired) electrons. The summed E-state index contributed by atoms with van der Waals surface area (Å²) in [5, 5.41) is 7.56. The topological polar surface area (TPSA) is 93.9 Å². The Labute approximate surface area is 212 Å². The average molecular weight is 533 g/mol. The van der Waals surface area contributed by atoms with Gasteiger partial charge in [-0.2, -0.15) is 27.9 Å². The maximum absolute atomic E-state index is 13.7. The van der Waals surface area contributed by atoms with Crippen LogP contribution in [0.3, 0.4) is 0 Å². The molecule has 1 amide bonds. The molecule has 4 rings (SSSR count). The number of thiazole rings is 1. The van der Waals surface area contributed by atoms with Gasteiger partial charge in [-0.1, -0.05) is 35.6 Å². The number of carbonyl (C=O) groups excluding carboxylic acids is 3. The lowest BCUT2D eigenvalue weighted by molar-refractivity contribution is -0.191. The van der Waals surface area contributed by atoms with Crippen molar-refractivity contribution in [3.63, 3.8) is 0 Å². The van der Waals surface area contributed by atoms with E-state index in [1.54, 1.807) is 29.9 Å². The molecule has 2 aromatic heterocycles. The van der Waals surface area contributed by atoms with Gasteiger partial charge in [0.15, 0.2) is 0 Å². The van der Waals surface area contributed by atoms with Gasteiger partial charge in [0.2, 0.25) is 11.0 Å². The number of nitrogens with one attached hydrogen (secondary N) is 1. The van der Waals surface area contributed by atoms with E-state index in [9.17, 15) is 22.4 Å². The van der Waals surface area contributed by atoms with Crippen molar-refractivity contribution in [3.05, 3.63) is 76.7 Å². The summed E-state index contributed by atoms with van der Waals surface area (Å²) >= 11 is 1.30. The largest absolute Gasteiger partial charge is 0.416 e. The number of aromatic nitrogens is 3. The van der Waals surface area contributed by atoms with Gasteiger partial charge in [-0.05, 0) is 43.2 Å². The molecular formula is C25H20F4N4O3S. The zero-order valence-electron chi connectivity index (χ0n) is 19.6. The van der Waals surface area contributed by atoms with Crippen molar-refractivity contribution >= 4 is 23.4 Å². The highest BCUT2D eigenvalue weighted by atomic mass is 32.1. The lowest BCUT2D eigenvalue weighted by Crippen LogP contribution is -2.17. The van der Waals surface area contributed by atoms with Crippen molar-refractivity contribution in [3.8, 4) is 27.5 Å². The Morgan fingerprint density at radius 1 is 1.11 bits per heavy atom. The second kappa shape index (κ2) is 11.7. The van der Waals surface area contributed by atoms with Crippen LogP contribution in [0.15, 0.2) is 54.7 Å². The second-order valence-corrected chi connectivity index (χ2v) is 8.75. The monoisotopic (exact) mass is 532 g/mol. The fraction of sp³-hybridized carbons (Fsp3) is 0.200. The molecule has 192 valence electrons. The number of nitrogens with zero attached hydrogens (tertiary/aromatic N) is 3. The van der Waals surface area contributed by atoms with Crippen LogP contribution in [0.25, 0.3) is 27.5 Å². The van der Waals surface area contributed by atoms with Crippen molar-refractivity contribution in [2.75, 3.05) is 7.05 Å². The molecule has 2 aromatic carbocycles. The van der Waals surface area contributed by atoms with Crippen LogP contribution in [0.2, 0.25) is 0 Å². The smallest absolute Gasteiger partial charge is 0.359 e. The predicted molar refractivity (Wildman–Crippen MR) is 127 cm³/mol. The van der Waals surface area contributed by atoms with Gasteiger partial charge in [0.05, 0.1) is 17.0 Å². The third-order valence-electron chi connectivity index (χ3n) is 5.26. The highest BCUT2D eigenvalue weighted by Gasteiger charge is 2.30. The lowest BCUT2D eigenvalue weighted by atomic mass is 10.1. The van der Waals surface area contributed by atoms with E-state index in [-0.39, 0.29) is 24.3 Å². The zero-order chi connectivity index (χ0) is 27.2. The number of hydrogen-bond donors (Lipinski definition) is 1. The van der Waals surface area contributed by atoms with Gasteiger partial charge in [0, 0.05) is 35.7 Å². The van der Waals surface area contributed by atoms with Crippen LogP contribution >= 0.6 is 11.3 Å². The van der Waals surface area contributed by atoms with E-state index in [2.05, 4.69) is 15.4 Å². The molecule has 0 aliphatic carbocycles. The van der Waals surface area contributed by atoms with Gasteiger partial charge in [-0.25, -0.2) is 14.1 Å². The van der Waals surface area contributed by atoms with Gasteiger partial charge in [0.1, 0.15) is 5.82 Å². The first-order valence-corrected chi connectivity index (χ1v) is 11.6. The van der Waals surface area contributed by atoms with Crippen LogP contribution < -0.4 is 5.32 Å². The molecule has 37 heavy (non-hydrogen) atoms. The molecule has 0 saturated heterocycles. The summed E-state index contributed by atoms with van der Waals surface area (Å²) in [7, 11) is 1.54. The molecule has 0 aliphatic rings. The number of halogens is 4.